The van der Waals surface area contributed by atoms with Gasteiger partial charge in [0.1, 0.15) is 29.7 Å². The van der Waals surface area contributed by atoms with Crippen LogP contribution in [0.25, 0.3) is 11.3 Å². The summed E-state index contributed by atoms with van der Waals surface area (Å²) in [5.41, 5.74) is 1.85. The maximum atomic E-state index is 14.6. The first-order chi connectivity index (χ1) is 14.9. The molecule has 1 fully saturated rings. The van der Waals surface area contributed by atoms with Crippen LogP contribution in [0.1, 0.15) is 42.2 Å². The zero-order valence-electron chi connectivity index (χ0n) is 17.3. The molecule has 0 radical (unpaired) electrons. The van der Waals surface area contributed by atoms with Crippen molar-refractivity contribution in [2.24, 2.45) is 0 Å². The van der Waals surface area contributed by atoms with Crippen LogP contribution in [0.3, 0.4) is 0 Å². The zero-order valence-corrected chi connectivity index (χ0v) is 17.3. The fourth-order valence-electron chi connectivity index (χ4n) is 3.61. The van der Waals surface area contributed by atoms with Crippen LogP contribution in [-0.4, -0.2) is 40.1 Å². The molecular weight excluding hydrogens is 400 g/mol. The van der Waals surface area contributed by atoms with Gasteiger partial charge in [0.2, 0.25) is 0 Å². The predicted octanol–water partition coefficient (Wildman–Crippen LogP) is 4.60. The number of anilines is 2. The number of benzene rings is 1. The lowest BCUT2D eigenvalue weighted by molar-refractivity contribution is 0.102. The minimum atomic E-state index is -1.00. The molecule has 1 amide bonds. The highest BCUT2D eigenvalue weighted by atomic mass is 19.1. The van der Waals surface area contributed by atoms with E-state index in [-0.39, 0.29) is 35.1 Å². The van der Waals surface area contributed by atoms with Gasteiger partial charge < -0.3 is 10.2 Å². The van der Waals surface area contributed by atoms with Gasteiger partial charge in [-0.25, -0.2) is 18.7 Å². The van der Waals surface area contributed by atoms with Crippen LogP contribution >= 0.6 is 0 Å². The van der Waals surface area contributed by atoms with Gasteiger partial charge in [0.25, 0.3) is 5.91 Å². The van der Waals surface area contributed by atoms with E-state index in [2.05, 4.69) is 20.3 Å². The van der Waals surface area contributed by atoms with Gasteiger partial charge in [0.05, 0.1) is 24.1 Å². The Morgan fingerprint density at radius 2 is 1.97 bits per heavy atom. The number of carbonyl (C=O) groups is 1. The molecule has 2 aromatic heterocycles. The first kappa shape index (κ1) is 20.8. The third-order valence-corrected chi connectivity index (χ3v) is 5.25. The van der Waals surface area contributed by atoms with Crippen molar-refractivity contribution < 1.29 is 13.6 Å². The Hall–Kier alpha value is -3.42. The van der Waals surface area contributed by atoms with E-state index in [1.54, 1.807) is 35.4 Å². The van der Waals surface area contributed by atoms with Crippen LogP contribution < -0.4 is 10.2 Å². The fraction of sp³-hybridized carbons (Fsp3) is 0.304. The van der Waals surface area contributed by atoms with Crippen molar-refractivity contribution in [1.29, 1.82) is 0 Å². The third kappa shape index (κ3) is 4.38. The summed E-state index contributed by atoms with van der Waals surface area (Å²) in [5.74, 6) is -0.461. The smallest absolute Gasteiger partial charge is 0.261 e. The topological polar surface area (TPSA) is 71.0 Å². The lowest BCUT2D eigenvalue weighted by Gasteiger charge is -2.21. The van der Waals surface area contributed by atoms with E-state index in [0.29, 0.717) is 18.7 Å². The van der Waals surface area contributed by atoms with Crippen molar-refractivity contribution in [3.8, 4) is 11.3 Å². The molecule has 1 aliphatic rings. The first-order valence-corrected chi connectivity index (χ1v) is 10.2. The van der Waals surface area contributed by atoms with Crippen molar-refractivity contribution in [2.45, 2.75) is 32.4 Å². The summed E-state index contributed by atoms with van der Waals surface area (Å²) < 4.78 is 28.4. The maximum absolute atomic E-state index is 14.6. The van der Waals surface area contributed by atoms with Crippen LogP contribution in [0, 0.1) is 5.82 Å². The molecule has 0 bridgehead atoms. The molecule has 1 aliphatic heterocycles. The van der Waals surface area contributed by atoms with Gasteiger partial charge in [0.15, 0.2) is 0 Å². The second kappa shape index (κ2) is 8.75. The lowest BCUT2D eigenvalue weighted by atomic mass is 10.0. The molecule has 3 aromatic rings. The second-order valence-corrected chi connectivity index (χ2v) is 7.81. The predicted molar refractivity (Wildman–Crippen MR) is 115 cm³/mol. The summed E-state index contributed by atoms with van der Waals surface area (Å²) in [4.78, 5) is 27.9. The molecule has 0 aliphatic carbocycles. The van der Waals surface area contributed by atoms with Gasteiger partial charge in [-0.2, -0.15) is 0 Å². The molecule has 160 valence electrons. The summed E-state index contributed by atoms with van der Waals surface area (Å²) in [7, 11) is 0. The molecule has 1 N–H and O–H groups in total. The number of hydrogen-bond donors (Lipinski definition) is 1. The van der Waals surface area contributed by atoms with Gasteiger partial charge in [-0.1, -0.05) is 26.0 Å². The maximum Gasteiger partial charge on any atom is 0.261 e. The van der Waals surface area contributed by atoms with E-state index in [4.69, 9.17) is 0 Å². The lowest BCUT2D eigenvalue weighted by Crippen LogP contribution is -2.26. The number of pyridine rings is 1. The van der Waals surface area contributed by atoms with E-state index in [1.807, 2.05) is 19.9 Å². The largest absolute Gasteiger partial charge is 0.353 e. The molecule has 8 heteroatoms. The Kier molecular flexibility index (Phi) is 5.88. The number of nitrogens with zero attached hydrogens (tertiary/aromatic N) is 4. The second-order valence-electron chi connectivity index (χ2n) is 7.81. The number of halogens is 2. The molecule has 0 spiro atoms. The number of alkyl halides is 1. The Balaban J connectivity index is 1.76. The summed E-state index contributed by atoms with van der Waals surface area (Å²) in [5, 5.41) is 2.80. The van der Waals surface area contributed by atoms with Crippen molar-refractivity contribution >= 4 is 17.4 Å². The summed E-state index contributed by atoms with van der Waals surface area (Å²) in [6.07, 6.45) is 2.20. The molecule has 1 aromatic carbocycles. The van der Waals surface area contributed by atoms with E-state index < -0.39 is 17.9 Å². The summed E-state index contributed by atoms with van der Waals surface area (Å²) in [6, 6.07) is 9.70. The van der Waals surface area contributed by atoms with Crippen molar-refractivity contribution in [1.82, 2.24) is 15.0 Å². The fourth-order valence-corrected chi connectivity index (χ4v) is 3.61. The zero-order chi connectivity index (χ0) is 22.0. The highest BCUT2D eigenvalue weighted by Gasteiger charge is 2.30. The van der Waals surface area contributed by atoms with E-state index in [9.17, 15) is 13.6 Å². The highest BCUT2D eigenvalue weighted by Crippen LogP contribution is 2.32. The SMILES string of the molecule is CC(C)c1ccc(NC(=O)c2c(-c3ccccc3F)ncnc2N2CC[C@H](F)C2)cn1. The molecule has 1 atom stereocenters. The van der Waals surface area contributed by atoms with Crippen molar-refractivity contribution in [3.05, 3.63) is 66.0 Å². The van der Waals surface area contributed by atoms with Crippen molar-refractivity contribution in [2.75, 3.05) is 23.3 Å². The number of amides is 1. The Bertz CT molecular complexity index is 1090. The molecule has 6 nitrogen and oxygen atoms in total. The third-order valence-electron chi connectivity index (χ3n) is 5.25. The normalized spacial score (nSPS) is 16.0. The number of aromatic nitrogens is 3. The van der Waals surface area contributed by atoms with Crippen molar-refractivity contribution in [3.63, 3.8) is 0 Å². The van der Waals surface area contributed by atoms with Gasteiger partial charge in [-0.05, 0) is 36.6 Å². The standard InChI is InChI=1S/C23H23F2N5O/c1-14(2)19-8-7-16(11-26-19)29-23(31)20-21(17-5-3-4-6-18(17)25)27-13-28-22(20)30-10-9-15(24)12-30/h3-8,11,13-15H,9-10,12H2,1-2H3,(H,29,31)/t15-/m0/s1. The average molecular weight is 423 g/mol. The van der Waals surface area contributed by atoms with E-state index in [1.165, 1.54) is 12.4 Å². The first-order valence-electron chi connectivity index (χ1n) is 10.2. The Labute approximate surface area is 179 Å². The van der Waals surface area contributed by atoms with Gasteiger partial charge in [-0.3, -0.25) is 9.78 Å². The van der Waals surface area contributed by atoms with Gasteiger partial charge in [0, 0.05) is 17.8 Å². The minimum absolute atomic E-state index is 0.106. The molecule has 3 heterocycles. The molecular formula is C23H23F2N5O. The van der Waals surface area contributed by atoms with Crippen LogP contribution in [-0.2, 0) is 0 Å². The number of hydrogen-bond acceptors (Lipinski definition) is 5. The van der Waals surface area contributed by atoms with Crippen LogP contribution in [0.4, 0.5) is 20.3 Å². The Morgan fingerprint density at radius 3 is 2.61 bits per heavy atom. The molecule has 0 saturated carbocycles. The van der Waals surface area contributed by atoms with Gasteiger partial charge in [-0.15, -0.1) is 0 Å². The molecule has 0 unspecified atom stereocenters. The van der Waals surface area contributed by atoms with E-state index in [0.717, 1.165) is 5.69 Å². The average Bonchev–Trinajstić information content (AvgIpc) is 3.20. The quantitative estimate of drug-likeness (QED) is 0.649. The van der Waals surface area contributed by atoms with Crippen LogP contribution in [0.2, 0.25) is 0 Å². The molecule has 4 rings (SSSR count). The number of carbonyl (C=O) groups excluding carboxylic acids is 1. The van der Waals surface area contributed by atoms with Crippen LogP contribution in [0.15, 0.2) is 48.9 Å². The number of nitrogens with one attached hydrogen (secondary N) is 1. The van der Waals surface area contributed by atoms with Gasteiger partial charge >= 0.3 is 0 Å². The summed E-state index contributed by atoms with van der Waals surface area (Å²) >= 11 is 0. The minimum Gasteiger partial charge on any atom is -0.353 e. The summed E-state index contributed by atoms with van der Waals surface area (Å²) in [6.45, 7) is 4.60. The Morgan fingerprint density at radius 1 is 1.16 bits per heavy atom. The van der Waals surface area contributed by atoms with Crippen LogP contribution in [0.5, 0.6) is 0 Å². The monoisotopic (exact) mass is 423 g/mol. The highest BCUT2D eigenvalue weighted by molar-refractivity contribution is 6.11. The molecule has 1 saturated heterocycles. The number of rotatable bonds is 5. The van der Waals surface area contributed by atoms with E-state index >= 15 is 0 Å². The molecule has 31 heavy (non-hydrogen) atoms.